The summed E-state index contributed by atoms with van der Waals surface area (Å²) in [4.78, 5) is 12.1. The molecule has 2 atom stereocenters. The molecule has 4 heteroatoms. The van der Waals surface area contributed by atoms with Crippen LogP contribution in [0.4, 0.5) is 4.39 Å². The summed E-state index contributed by atoms with van der Waals surface area (Å²) in [6.07, 6.45) is 3.94. The molecule has 1 aromatic carbocycles. The van der Waals surface area contributed by atoms with E-state index in [1.54, 1.807) is 30.3 Å². The Morgan fingerprint density at radius 2 is 2.00 bits per heavy atom. The lowest BCUT2D eigenvalue weighted by Gasteiger charge is -2.26. The number of halogens is 2. The number of allylic oxidation sites excluding steroid dienone is 2. The van der Waals surface area contributed by atoms with Crippen molar-refractivity contribution in [3.8, 4) is 0 Å². The fourth-order valence-corrected chi connectivity index (χ4v) is 2.00. The molecule has 0 spiro atoms. The summed E-state index contributed by atoms with van der Waals surface area (Å²) in [6, 6.07) is 8.49. The molecule has 0 saturated heterocycles. The van der Waals surface area contributed by atoms with Crippen LogP contribution in [0.15, 0.2) is 53.6 Å². The van der Waals surface area contributed by atoms with E-state index in [-0.39, 0.29) is 10.8 Å². The minimum absolute atomic E-state index is 0.201. The number of Topliss-reactive ketones (excluding diaryl/α,β-unsaturated/α-hetero) is 1. The van der Waals surface area contributed by atoms with Gasteiger partial charge >= 0.3 is 0 Å². The molecule has 0 amide bonds. The van der Waals surface area contributed by atoms with Gasteiger partial charge in [-0.05, 0) is 12.2 Å². The standard InChI is InChI=1S/C13H11ClFNO/c14-10-6-7-11(13(15,16)8-10)12(17)9-4-2-1-3-5-9/h1-8,11H,16H2. The number of carbonyl (C=O) groups is 1. The van der Waals surface area contributed by atoms with Crippen molar-refractivity contribution in [2.24, 2.45) is 11.7 Å². The average Bonchev–Trinajstić information content (AvgIpc) is 2.28. The van der Waals surface area contributed by atoms with Gasteiger partial charge in [-0.2, -0.15) is 0 Å². The van der Waals surface area contributed by atoms with Gasteiger partial charge in [0.15, 0.2) is 11.6 Å². The first-order valence-corrected chi connectivity index (χ1v) is 5.52. The molecule has 0 aliphatic heterocycles. The van der Waals surface area contributed by atoms with Crippen molar-refractivity contribution in [1.82, 2.24) is 0 Å². The lowest BCUT2D eigenvalue weighted by molar-refractivity contribution is 0.0807. The molecule has 0 bridgehead atoms. The summed E-state index contributed by atoms with van der Waals surface area (Å²) in [5, 5.41) is 0.201. The van der Waals surface area contributed by atoms with Gasteiger partial charge in [-0.15, -0.1) is 0 Å². The fourth-order valence-electron chi connectivity index (χ4n) is 1.76. The van der Waals surface area contributed by atoms with Gasteiger partial charge in [-0.1, -0.05) is 48.0 Å². The van der Waals surface area contributed by atoms with E-state index in [0.29, 0.717) is 5.56 Å². The zero-order valence-electron chi connectivity index (χ0n) is 8.94. The van der Waals surface area contributed by atoms with Crippen LogP contribution >= 0.6 is 11.6 Å². The Balaban J connectivity index is 2.31. The Labute approximate surface area is 104 Å². The molecule has 0 radical (unpaired) electrons. The zero-order valence-corrected chi connectivity index (χ0v) is 9.69. The van der Waals surface area contributed by atoms with Crippen LogP contribution in [-0.4, -0.2) is 11.6 Å². The summed E-state index contributed by atoms with van der Waals surface area (Å²) < 4.78 is 14.1. The molecule has 1 aliphatic rings. The third-order valence-corrected chi connectivity index (χ3v) is 2.86. The Kier molecular flexibility index (Phi) is 3.13. The summed E-state index contributed by atoms with van der Waals surface area (Å²) in [5.74, 6) is -3.63. The lowest BCUT2D eigenvalue weighted by atomic mass is 9.86. The Morgan fingerprint density at radius 3 is 2.59 bits per heavy atom. The summed E-state index contributed by atoms with van der Waals surface area (Å²) in [6.45, 7) is 0. The smallest absolute Gasteiger partial charge is 0.193 e. The highest BCUT2D eigenvalue weighted by Crippen LogP contribution is 2.30. The van der Waals surface area contributed by atoms with Crippen molar-refractivity contribution in [3.05, 3.63) is 59.2 Å². The first-order valence-electron chi connectivity index (χ1n) is 5.14. The van der Waals surface area contributed by atoms with Crippen molar-refractivity contribution < 1.29 is 9.18 Å². The topological polar surface area (TPSA) is 43.1 Å². The maximum atomic E-state index is 14.1. The molecule has 2 unspecified atom stereocenters. The van der Waals surface area contributed by atoms with E-state index in [2.05, 4.69) is 0 Å². The molecular formula is C13H11ClFNO. The highest BCUT2D eigenvalue weighted by Gasteiger charge is 2.39. The molecule has 2 nitrogen and oxygen atoms in total. The van der Waals surface area contributed by atoms with Crippen LogP contribution < -0.4 is 5.73 Å². The van der Waals surface area contributed by atoms with Crippen molar-refractivity contribution >= 4 is 17.4 Å². The molecule has 1 aliphatic carbocycles. The molecule has 88 valence electrons. The van der Waals surface area contributed by atoms with E-state index in [1.807, 2.05) is 0 Å². The lowest BCUT2D eigenvalue weighted by Crippen LogP contribution is -2.45. The van der Waals surface area contributed by atoms with Crippen LogP contribution in [0.2, 0.25) is 0 Å². The van der Waals surface area contributed by atoms with Crippen molar-refractivity contribution in [3.63, 3.8) is 0 Å². The van der Waals surface area contributed by atoms with Crippen LogP contribution in [0, 0.1) is 5.92 Å². The maximum Gasteiger partial charge on any atom is 0.193 e. The summed E-state index contributed by atoms with van der Waals surface area (Å²) in [5.41, 5.74) is 5.88. The quantitative estimate of drug-likeness (QED) is 0.649. The minimum atomic E-state index is -2.24. The SMILES string of the molecule is NC1(F)C=C(Cl)C=CC1C(=O)c1ccccc1. The zero-order chi connectivity index (χ0) is 12.5. The molecule has 0 aromatic heterocycles. The normalized spacial score (nSPS) is 27.7. The van der Waals surface area contributed by atoms with E-state index in [0.717, 1.165) is 6.08 Å². The first kappa shape index (κ1) is 12.0. The van der Waals surface area contributed by atoms with E-state index in [4.69, 9.17) is 17.3 Å². The van der Waals surface area contributed by atoms with Gasteiger partial charge in [0.25, 0.3) is 0 Å². The predicted octanol–water partition coefficient (Wildman–Crippen LogP) is 2.80. The molecule has 1 aromatic rings. The maximum absolute atomic E-state index is 14.1. The number of hydrogen-bond donors (Lipinski definition) is 1. The number of hydrogen-bond acceptors (Lipinski definition) is 2. The van der Waals surface area contributed by atoms with Gasteiger partial charge < -0.3 is 0 Å². The van der Waals surface area contributed by atoms with E-state index in [1.165, 1.54) is 12.2 Å². The monoisotopic (exact) mass is 251 g/mol. The van der Waals surface area contributed by atoms with Crippen LogP contribution in [0.5, 0.6) is 0 Å². The van der Waals surface area contributed by atoms with Crippen molar-refractivity contribution in [2.75, 3.05) is 0 Å². The molecular weight excluding hydrogens is 241 g/mol. The second kappa shape index (κ2) is 4.43. The second-order valence-corrected chi connectivity index (χ2v) is 4.36. The van der Waals surface area contributed by atoms with Crippen molar-refractivity contribution in [1.29, 1.82) is 0 Å². The number of alkyl halides is 1. The van der Waals surface area contributed by atoms with Gasteiger partial charge in [0.1, 0.15) is 0 Å². The number of benzene rings is 1. The van der Waals surface area contributed by atoms with Crippen LogP contribution in [0.25, 0.3) is 0 Å². The first-order chi connectivity index (χ1) is 8.00. The molecule has 17 heavy (non-hydrogen) atoms. The Morgan fingerprint density at radius 1 is 1.35 bits per heavy atom. The van der Waals surface area contributed by atoms with E-state index >= 15 is 0 Å². The molecule has 0 saturated carbocycles. The van der Waals surface area contributed by atoms with E-state index < -0.39 is 11.7 Å². The number of ketones is 1. The van der Waals surface area contributed by atoms with Crippen LogP contribution in [-0.2, 0) is 0 Å². The molecule has 0 fully saturated rings. The third-order valence-electron chi connectivity index (χ3n) is 2.62. The fraction of sp³-hybridized carbons (Fsp3) is 0.154. The van der Waals surface area contributed by atoms with Gasteiger partial charge in [-0.25, -0.2) is 4.39 Å². The van der Waals surface area contributed by atoms with Crippen molar-refractivity contribution in [2.45, 2.75) is 5.79 Å². The number of rotatable bonds is 2. The average molecular weight is 252 g/mol. The predicted molar refractivity (Wildman–Crippen MR) is 65.4 cm³/mol. The number of nitrogens with two attached hydrogens (primary N) is 1. The molecule has 2 rings (SSSR count). The number of carbonyl (C=O) groups excluding carboxylic acids is 1. The van der Waals surface area contributed by atoms with Gasteiger partial charge in [0.2, 0.25) is 0 Å². The minimum Gasteiger partial charge on any atom is -0.295 e. The largest absolute Gasteiger partial charge is 0.295 e. The van der Waals surface area contributed by atoms with Gasteiger partial charge in [0, 0.05) is 10.6 Å². The second-order valence-electron chi connectivity index (χ2n) is 3.92. The molecule has 2 N–H and O–H groups in total. The Bertz CT molecular complexity index is 493. The molecule has 0 heterocycles. The van der Waals surface area contributed by atoms with Gasteiger partial charge in [-0.3, -0.25) is 10.5 Å². The summed E-state index contributed by atoms with van der Waals surface area (Å²) in [7, 11) is 0. The van der Waals surface area contributed by atoms with E-state index in [9.17, 15) is 9.18 Å². The Hall–Kier alpha value is -1.45. The summed E-state index contributed by atoms with van der Waals surface area (Å²) >= 11 is 5.66. The van der Waals surface area contributed by atoms with Crippen LogP contribution in [0.3, 0.4) is 0 Å². The van der Waals surface area contributed by atoms with Gasteiger partial charge in [0.05, 0.1) is 5.92 Å². The van der Waals surface area contributed by atoms with Crippen LogP contribution in [0.1, 0.15) is 10.4 Å². The highest BCUT2D eigenvalue weighted by molar-refractivity contribution is 6.31. The third kappa shape index (κ3) is 2.46. The highest BCUT2D eigenvalue weighted by atomic mass is 35.5.